The Hall–Kier alpha value is -1.68. The molecule has 0 bridgehead atoms. The van der Waals surface area contributed by atoms with Crippen LogP contribution in [-0.4, -0.2) is 0 Å². The molecule has 5 heteroatoms. The Labute approximate surface area is 107 Å². The Morgan fingerprint density at radius 2 is 1.44 bits per heavy atom. The van der Waals surface area contributed by atoms with Crippen LogP contribution >= 0.6 is 11.6 Å². The highest BCUT2D eigenvalue weighted by molar-refractivity contribution is 6.31. The zero-order valence-electron chi connectivity index (χ0n) is 9.18. The van der Waals surface area contributed by atoms with Gasteiger partial charge < -0.3 is 5.32 Å². The number of benzene rings is 2. The largest absolute Gasteiger partial charge is 0.376 e. The second kappa shape index (κ2) is 5.31. The van der Waals surface area contributed by atoms with E-state index in [0.29, 0.717) is 0 Å². The summed E-state index contributed by atoms with van der Waals surface area (Å²) in [6.07, 6.45) is 0. The Kier molecular flexibility index (Phi) is 3.77. The average molecular weight is 272 g/mol. The maximum Gasteiger partial charge on any atom is 0.149 e. The summed E-state index contributed by atoms with van der Waals surface area (Å²) in [5, 5.41) is 2.71. The summed E-state index contributed by atoms with van der Waals surface area (Å²) in [4.78, 5) is 0. The van der Waals surface area contributed by atoms with Gasteiger partial charge in [-0.25, -0.2) is 13.2 Å². The molecule has 0 amide bonds. The molecule has 1 nitrogen and oxygen atoms in total. The molecule has 0 spiro atoms. The van der Waals surface area contributed by atoms with Crippen LogP contribution in [-0.2, 0) is 6.54 Å². The van der Waals surface area contributed by atoms with Crippen molar-refractivity contribution in [2.45, 2.75) is 6.54 Å². The molecule has 0 aliphatic rings. The van der Waals surface area contributed by atoms with Crippen LogP contribution in [0.15, 0.2) is 36.4 Å². The summed E-state index contributed by atoms with van der Waals surface area (Å²) in [5.74, 6) is -1.99. The minimum Gasteiger partial charge on any atom is -0.376 e. The molecule has 2 rings (SSSR count). The van der Waals surface area contributed by atoms with Gasteiger partial charge in [0.15, 0.2) is 0 Å². The van der Waals surface area contributed by atoms with Crippen LogP contribution in [0.1, 0.15) is 5.56 Å². The van der Waals surface area contributed by atoms with E-state index in [4.69, 9.17) is 11.6 Å². The van der Waals surface area contributed by atoms with Crippen LogP contribution in [0.4, 0.5) is 18.9 Å². The van der Waals surface area contributed by atoms with E-state index in [-0.39, 0.29) is 22.8 Å². The fraction of sp³-hybridized carbons (Fsp3) is 0.0769. The van der Waals surface area contributed by atoms with E-state index in [1.165, 1.54) is 24.3 Å². The number of nitrogens with one attached hydrogen (secondary N) is 1. The van der Waals surface area contributed by atoms with Crippen molar-refractivity contribution in [2.24, 2.45) is 0 Å². The number of halogens is 4. The van der Waals surface area contributed by atoms with Crippen molar-refractivity contribution < 1.29 is 13.2 Å². The number of anilines is 1. The summed E-state index contributed by atoms with van der Waals surface area (Å²) in [7, 11) is 0. The van der Waals surface area contributed by atoms with Gasteiger partial charge in [-0.05, 0) is 24.3 Å². The van der Waals surface area contributed by atoms with Gasteiger partial charge in [0.1, 0.15) is 23.1 Å². The van der Waals surface area contributed by atoms with Gasteiger partial charge in [0.2, 0.25) is 0 Å². The maximum absolute atomic E-state index is 13.4. The van der Waals surface area contributed by atoms with Crippen molar-refractivity contribution in [2.75, 3.05) is 5.32 Å². The minimum absolute atomic E-state index is 0.0939. The summed E-state index contributed by atoms with van der Waals surface area (Å²) < 4.78 is 40.1. The third-order valence-corrected chi connectivity index (χ3v) is 2.82. The zero-order valence-corrected chi connectivity index (χ0v) is 9.94. The molecule has 1 N–H and O–H groups in total. The number of hydrogen-bond acceptors (Lipinski definition) is 1. The van der Waals surface area contributed by atoms with Gasteiger partial charge in [-0.3, -0.25) is 0 Å². The zero-order chi connectivity index (χ0) is 13.1. The van der Waals surface area contributed by atoms with Crippen LogP contribution in [0, 0.1) is 17.5 Å². The molecular weight excluding hydrogens is 263 g/mol. The predicted molar refractivity (Wildman–Crippen MR) is 65.1 cm³/mol. The SMILES string of the molecule is Fc1cccc(Cl)c1CNc1c(F)cccc1F. The first kappa shape index (κ1) is 12.8. The second-order valence-corrected chi connectivity index (χ2v) is 4.06. The van der Waals surface area contributed by atoms with Crippen LogP contribution in [0.5, 0.6) is 0 Å². The molecule has 2 aromatic carbocycles. The number of hydrogen-bond donors (Lipinski definition) is 1. The smallest absolute Gasteiger partial charge is 0.149 e. The van der Waals surface area contributed by atoms with Crippen LogP contribution in [0.25, 0.3) is 0 Å². The van der Waals surface area contributed by atoms with Gasteiger partial charge in [0.25, 0.3) is 0 Å². The Morgan fingerprint density at radius 3 is 2.06 bits per heavy atom. The van der Waals surface area contributed by atoms with Gasteiger partial charge in [-0.15, -0.1) is 0 Å². The first-order valence-corrected chi connectivity index (χ1v) is 5.58. The Bertz CT molecular complexity index is 480. The van der Waals surface area contributed by atoms with Crippen LogP contribution in [0.2, 0.25) is 5.02 Å². The molecule has 18 heavy (non-hydrogen) atoms. The highest BCUT2D eigenvalue weighted by Gasteiger charge is 2.11. The quantitative estimate of drug-likeness (QED) is 0.874. The standard InChI is InChI=1S/C13H9ClF3N/c14-9-3-1-4-10(15)8(9)7-18-13-11(16)5-2-6-12(13)17/h1-6,18H,7H2. The van der Waals surface area contributed by atoms with Gasteiger partial charge in [0, 0.05) is 17.1 Å². The molecule has 0 aliphatic carbocycles. The van der Waals surface area contributed by atoms with E-state index in [1.54, 1.807) is 0 Å². The van der Waals surface area contributed by atoms with Crippen molar-refractivity contribution in [3.63, 3.8) is 0 Å². The third-order valence-electron chi connectivity index (χ3n) is 2.47. The maximum atomic E-state index is 13.4. The van der Waals surface area contributed by atoms with Crippen molar-refractivity contribution in [3.05, 3.63) is 64.4 Å². The van der Waals surface area contributed by atoms with Gasteiger partial charge in [0.05, 0.1) is 0 Å². The van der Waals surface area contributed by atoms with Crippen molar-refractivity contribution in [1.82, 2.24) is 0 Å². The summed E-state index contributed by atoms with van der Waals surface area (Å²) in [6, 6.07) is 7.71. The van der Waals surface area contributed by atoms with Gasteiger partial charge >= 0.3 is 0 Å². The summed E-state index contributed by atoms with van der Waals surface area (Å²) in [6.45, 7) is -0.0939. The van der Waals surface area contributed by atoms with E-state index in [1.807, 2.05) is 0 Å². The van der Waals surface area contributed by atoms with E-state index >= 15 is 0 Å². The summed E-state index contributed by atoms with van der Waals surface area (Å²) in [5.41, 5.74) is -0.126. The first-order chi connectivity index (χ1) is 8.59. The number of rotatable bonds is 3. The predicted octanol–water partition coefficient (Wildman–Crippen LogP) is 4.37. The molecule has 0 saturated carbocycles. The lowest BCUT2D eigenvalue weighted by molar-refractivity contribution is 0.585. The second-order valence-electron chi connectivity index (χ2n) is 3.65. The lowest BCUT2D eigenvalue weighted by Gasteiger charge is -2.10. The average Bonchev–Trinajstić information content (AvgIpc) is 2.31. The van der Waals surface area contributed by atoms with Crippen LogP contribution < -0.4 is 5.32 Å². The molecule has 0 fully saturated rings. The van der Waals surface area contributed by atoms with E-state index in [0.717, 1.165) is 12.1 Å². The van der Waals surface area contributed by atoms with E-state index in [2.05, 4.69) is 5.32 Å². The third kappa shape index (κ3) is 2.59. The van der Waals surface area contributed by atoms with E-state index < -0.39 is 17.5 Å². The lowest BCUT2D eigenvalue weighted by atomic mass is 10.2. The molecule has 0 radical (unpaired) electrons. The van der Waals surface area contributed by atoms with E-state index in [9.17, 15) is 13.2 Å². The first-order valence-electron chi connectivity index (χ1n) is 5.20. The highest BCUT2D eigenvalue weighted by atomic mass is 35.5. The van der Waals surface area contributed by atoms with Crippen LogP contribution in [0.3, 0.4) is 0 Å². The van der Waals surface area contributed by atoms with Crippen molar-refractivity contribution in [1.29, 1.82) is 0 Å². The molecule has 2 aromatic rings. The fourth-order valence-electron chi connectivity index (χ4n) is 1.54. The Morgan fingerprint density at radius 1 is 0.889 bits per heavy atom. The normalized spacial score (nSPS) is 10.4. The van der Waals surface area contributed by atoms with Crippen molar-refractivity contribution >= 4 is 17.3 Å². The monoisotopic (exact) mass is 271 g/mol. The Balaban J connectivity index is 2.22. The molecular formula is C13H9ClF3N. The molecule has 0 atom stereocenters. The van der Waals surface area contributed by atoms with Gasteiger partial charge in [-0.2, -0.15) is 0 Å². The lowest BCUT2D eigenvalue weighted by Crippen LogP contribution is -2.06. The topological polar surface area (TPSA) is 12.0 Å². The van der Waals surface area contributed by atoms with Crippen molar-refractivity contribution in [3.8, 4) is 0 Å². The minimum atomic E-state index is -0.734. The molecule has 0 heterocycles. The molecule has 0 aromatic heterocycles. The fourth-order valence-corrected chi connectivity index (χ4v) is 1.77. The molecule has 0 aliphatic heterocycles. The highest BCUT2D eigenvalue weighted by Crippen LogP contribution is 2.23. The number of para-hydroxylation sites is 1. The summed E-state index contributed by atoms with van der Waals surface area (Å²) >= 11 is 5.81. The molecule has 0 unspecified atom stereocenters. The van der Waals surface area contributed by atoms with Gasteiger partial charge in [-0.1, -0.05) is 23.7 Å². The molecule has 0 saturated heterocycles. The molecule has 94 valence electrons.